The van der Waals surface area contributed by atoms with Gasteiger partial charge < -0.3 is 24.6 Å². The molecule has 0 saturated heterocycles. The Morgan fingerprint density at radius 2 is 1.92 bits per heavy atom. The number of hydrogen-bond acceptors (Lipinski definition) is 4. The van der Waals surface area contributed by atoms with Crippen LogP contribution in [0.1, 0.15) is 31.2 Å². The van der Waals surface area contributed by atoms with Crippen LogP contribution in [0.5, 0.6) is 11.5 Å². The molecule has 0 heterocycles. The minimum atomic E-state index is 0.714. The number of nitrogens with one attached hydrogen (secondary N) is 1. The van der Waals surface area contributed by atoms with Crippen molar-refractivity contribution in [2.24, 2.45) is 4.99 Å². The van der Waals surface area contributed by atoms with E-state index < -0.39 is 0 Å². The Kier molecular flexibility index (Phi) is 8.04. The van der Waals surface area contributed by atoms with Crippen molar-refractivity contribution in [3.8, 4) is 11.5 Å². The minimum absolute atomic E-state index is 0.714. The second kappa shape index (κ2) is 10.3. The smallest absolute Gasteiger partial charge is 0.193 e. The Hall–Kier alpha value is -1.95. The van der Waals surface area contributed by atoms with Crippen LogP contribution in [0.15, 0.2) is 23.2 Å². The molecule has 0 unspecified atom stereocenters. The zero-order valence-electron chi connectivity index (χ0n) is 16.9. The van der Waals surface area contributed by atoms with E-state index >= 15 is 0 Å². The summed E-state index contributed by atoms with van der Waals surface area (Å²) in [6.07, 6.45) is 5.41. The summed E-state index contributed by atoms with van der Waals surface area (Å²) in [5, 5.41) is 3.47. The zero-order valence-corrected chi connectivity index (χ0v) is 16.9. The van der Waals surface area contributed by atoms with E-state index in [0.29, 0.717) is 6.54 Å². The van der Waals surface area contributed by atoms with Gasteiger partial charge in [0.1, 0.15) is 11.5 Å². The van der Waals surface area contributed by atoms with Crippen LogP contribution in [0.3, 0.4) is 0 Å². The average molecular weight is 363 g/mol. The van der Waals surface area contributed by atoms with Crippen molar-refractivity contribution >= 4 is 5.96 Å². The highest BCUT2D eigenvalue weighted by atomic mass is 16.5. The van der Waals surface area contributed by atoms with Gasteiger partial charge in [0.25, 0.3) is 0 Å². The standard InChI is InChI=1S/C20H34N4O2/c1-21-20(22-12-13-23(2)17-8-6-7-9-17)24(3)15-16-10-11-18(25-4)14-19(16)26-5/h10-11,14,17H,6-9,12-13,15H2,1-5H3,(H,21,22). The molecule has 1 aliphatic carbocycles. The van der Waals surface area contributed by atoms with Crippen LogP contribution in [0.4, 0.5) is 0 Å². The molecule has 0 amide bonds. The summed E-state index contributed by atoms with van der Waals surface area (Å²) < 4.78 is 10.8. The van der Waals surface area contributed by atoms with Crippen LogP contribution in [0.25, 0.3) is 0 Å². The third kappa shape index (κ3) is 5.53. The summed E-state index contributed by atoms with van der Waals surface area (Å²) in [7, 11) is 9.44. The van der Waals surface area contributed by atoms with E-state index in [1.807, 2.05) is 32.3 Å². The van der Waals surface area contributed by atoms with Gasteiger partial charge in [-0.05, 0) is 32.0 Å². The second-order valence-corrected chi connectivity index (χ2v) is 6.93. The molecular weight excluding hydrogens is 328 g/mol. The van der Waals surface area contributed by atoms with Crippen molar-refractivity contribution in [1.29, 1.82) is 0 Å². The Labute approximate surface area is 158 Å². The fourth-order valence-electron chi connectivity index (χ4n) is 3.57. The zero-order chi connectivity index (χ0) is 18.9. The highest BCUT2D eigenvalue weighted by molar-refractivity contribution is 5.79. The van der Waals surface area contributed by atoms with Gasteiger partial charge in [-0.3, -0.25) is 4.99 Å². The van der Waals surface area contributed by atoms with Crippen molar-refractivity contribution < 1.29 is 9.47 Å². The van der Waals surface area contributed by atoms with E-state index in [1.54, 1.807) is 14.2 Å². The normalized spacial score (nSPS) is 15.4. The van der Waals surface area contributed by atoms with E-state index in [1.165, 1.54) is 25.7 Å². The fourth-order valence-corrected chi connectivity index (χ4v) is 3.57. The Morgan fingerprint density at radius 1 is 1.19 bits per heavy atom. The summed E-state index contributed by atoms with van der Waals surface area (Å²) in [5.74, 6) is 2.51. The maximum Gasteiger partial charge on any atom is 0.193 e. The van der Waals surface area contributed by atoms with Gasteiger partial charge in [-0.1, -0.05) is 12.8 Å². The van der Waals surface area contributed by atoms with E-state index in [0.717, 1.165) is 42.2 Å². The largest absolute Gasteiger partial charge is 0.497 e. The molecule has 6 heteroatoms. The number of hydrogen-bond donors (Lipinski definition) is 1. The second-order valence-electron chi connectivity index (χ2n) is 6.93. The van der Waals surface area contributed by atoms with E-state index in [9.17, 15) is 0 Å². The number of aliphatic imine (C=N–C) groups is 1. The molecule has 146 valence electrons. The minimum Gasteiger partial charge on any atom is -0.497 e. The van der Waals surface area contributed by atoms with Gasteiger partial charge in [0.05, 0.1) is 14.2 Å². The van der Waals surface area contributed by atoms with Crippen molar-refractivity contribution in [3.05, 3.63) is 23.8 Å². The summed E-state index contributed by atoms with van der Waals surface area (Å²) in [4.78, 5) is 9.00. The van der Waals surface area contributed by atoms with Crippen LogP contribution < -0.4 is 14.8 Å². The van der Waals surface area contributed by atoms with Gasteiger partial charge in [-0.2, -0.15) is 0 Å². The molecule has 0 radical (unpaired) electrons. The number of likely N-dealkylation sites (N-methyl/N-ethyl adjacent to an activating group) is 1. The molecule has 1 fully saturated rings. The van der Waals surface area contributed by atoms with Crippen molar-refractivity contribution in [1.82, 2.24) is 15.1 Å². The highest BCUT2D eigenvalue weighted by Crippen LogP contribution is 2.25. The predicted octanol–water partition coefficient (Wildman–Crippen LogP) is 2.59. The molecule has 0 atom stereocenters. The lowest BCUT2D eigenvalue weighted by atomic mass is 10.2. The number of rotatable bonds is 8. The quantitative estimate of drug-likeness (QED) is 0.569. The van der Waals surface area contributed by atoms with Crippen LogP contribution in [-0.4, -0.2) is 70.3 Å². The van der Waals surface area contributed by atoms with E-state index in [4.69, 9.17) is 9.47 Å². The van der Waals surface area contributed by atoms with Gasteiger partial charge in [-0.15, -0.1) is 0 Å². The molecule has 1 aromatic carbocycles. The predicted molar refractivity (Wildman–Crippen MR) is 107 cm³/mol. The van der Waals surface area contributed by atoms with Crippen molar-refractivity contribution in [2.45, 2.75) is 38.3 Å². The number of ether oxygens (including phenoxy) is 2. The van der Waals surface area contributed by atoms with Crippen LogP contribution in [0.2, 0.25) is 0 Å². The number of benzene rings is 1. The molecule has 2 rings (SSSR count). The first-order chi connectivity index (χ1) is 12.6. The molecule has 26 heavy (non-hydrogen) atoms. The topological polar surface area (TPSA) is 49.3 Å². The molecule has 1 aromatic rings. The molecular formula is C20H34N4O2. The molecule has 0 spiro atoms. The first kappa shape index (κ1) is 20.4. The maximum absolute atomic E-state index is 5.50. The molecule has 1 N–H and O–H groups in total. The number of methoxy groups -OCH3 is 2. The van der Waals surface area contributed by atoms with Crippen LogP contribution >= 0.6 is 0 Å². The molecule has 0 aromatic heterocycles. The summed E-state index contributed by atoms with van der Waals surface area (Å²) in [5.41, 5.74) is 1.10. The van der Waals surface area contributed by atoms with Gasteiger partial charge >= 0.3 is 0 Å². The van der Waals surface area contributed by atoms with E-state index in [-0.39, 0.29) is 0 Å². The lowest BCUT2D eigenvalue weighted by Crippen LogP contribution is -2.43. The Bertz CT molecular complexity index is 585. The van der Waals surface area contributed by atoms with Crippen molar-refractivity contribution in [3.63, 3.8) is 0 Å². The fraction of sp³-hybridized carbons (Fsp3) is 0.650. The van der Waals surface area contributed by atoms with Gasteiger partial charge in [0, 0.05) is 51.4 Å². The average Bonchev–Trinajstić information content (AvgIpc) is 3.20. The van der Waals surface area contributed by atoms with Crippen LogP contribution in [-0.2, 0) is 6.54 Å². The number of nitrogens with zero attached hydrogens (tertiary/aromatic N) is 3. The molecule has 0 bridgehead atoms. The molecule has 1 aliphatic rings. The monoisotopic (exact) mass is 362 g/mol. The summed E-state index contributed by atoms with van der Waals surface area (Å²) in [6, 6.07) is 6.66. The lowest BCUT2D eigenvalue weighted by molar-refractivity contribution is 0.248. The Morgan fingerprint density at radius 3 is 2.54 bits per heavy atom. The lowest BCUT2D eigenvalue weighted by Gasteiger charge is -2.26. The highest BCUT2D eigenvalue weighted by Gasteiger charge is 2.19. The molecule has 6 nitrogen and oxygen atoms in total. The molecule has 0 aliphatic heterocycles. The first-order valence-electron chi connectivity index (χ1n) is 9.42. The van der Waals surface area contributed by atoms with E-state index in [2.05, 4.69) is 27.2 Å². The first-order valence-corrected chi connectivity index (χ1v) is 9.42. The Balaban J connectivity index is 1.87. The maximum atomic E-state index is 5.50. The number of guanidine groups is 1. The summed E-state index contributed by atoms with van der Waals surface area (Å²) >= 11 is 0. The van der Waals surface area contributed by atoms with Crippen LogP contribution in [0, 0.1) is 0 Å². The third-order valence-corrected chi connectivity index (χ3v) is 5.17. The molecule has 1 saturated carbocycles. The van der Waals surface area contributed by atoms with Gasteiger partial charge in [-0.25, -0.2) is 0 Å². The SMILES string of the molecule is CN=C(NCCN(C)C1CCCC1)N(C)Cc1ccc(OC)cc1OC. The van der Waals surface area contributed by atoms with Gasteiger partial charge in [0.2, 0.25) is 0 Å². The summed E-state index contributed by atoms with van der Waals surface area (Å²) in [6.45, 7) is 2.64. The third-order valence-electron chi connectivity index (χ3n) is 5.17. The van der Waals surface area contributed by atoms with Crippen molar-refractivity contribution in [2.75, 3.05) is 48.5 Å². The van der Waals surface area contributed by atoms with Gasteiger partial charge in [0.15, 0.2) is 5.96 Å².